The summed E-state index contributed by atoms with van der Waals surface area (Å²) in [5.41, 5.74) is 1.46. The van der Waals surface area contributed by atoms with Gasteiger partial charge in [-0.15, -0.1) is 0 Å². The van der Waals surface area contributed by atoms with Crippen molar-refractivity contribution < 1.29 is 9.53 Å². The summed E-state index contributed by atoms with van der Waals surface area (Å²) in [5, 5.41) is 4.15. The van der Waals surface area contributed by atoms with E-state index in [9.17, 15) is 4.79 Å². The first kappa shape index (κ1) is 14.7. The molecule has 0 saturated heterocycles. The van der Waals surface area contributed by atoms with Gasteiger partial charge in [0.25, 0.3) is 0 Å². The minimum absolute atomic E-state index is 0.293. The Hall–Kier alpha value is -1.36. The maximum Gasteiger partial charge on any atom is 0.341 e. The minimum atomic E-state index is -0.293. The van der Waals surface area contributed by atoms with Gasteiger partial charge >= 0.3 is 5.97 Å². The number of carbonyl (C=O) groups excluding carboxylic acids is 1. The third-order valence-electron chi connectivity index (χ3n) is 3.30. The molecule has 0 bridgehead atoms. The average Bonchev–Trinajstić information content (AvgIpc) is 2.70. The summed E-state index contributed by atoms with van der Waals surface area (Å²) in [5.74, 6) is -0.293. The Labute approximate surface area is 109 Å². The second kappa shape index (κ2) is 6.54. The van der Waals surface area contributed by atoms with Gasteiger partial charge in [0, 0.05) is 19.6 Å². The maximum absolute atomic E-state index is 11.8. The van der Waals surface area contributed by atoms with Crippen LogP contribution in [0.1, 0.15) is 43.2 Å². The van der Waals surface area contributed by atoms with Crippen LogP contribution in [0, 0.1) is 0 Å². The second-order valence-electron chi connectivity index (χ2n) is 4.52. The summed E-state index contributed by atoms with van der Waals surface area (Å²) in [4.78, 5) is 14.0. The Balaban J connectivity index is 2.87. The van der Waals surface area contributed by atoms with Gasteiger partial charge in [-0.25, -0.2) is 4.79 Å². The topological polar surface area (TPSA) is 47.4 Å². The molecule has 0 aromatic carbocycles. The highest BCUT2D eigenvalue weighted by atomic mass is 16.5. The number of hydrogen-bond donors (Lipinski definition) is 0. The summed E-state index contributed by atoms with van der Waals surface area (Å²) in [6.45, 7) is 7.20. The molecule has 0 saturated carbocycles. The third kappa shape index (κ3) is 3.32. The normalized spacial score (nSPS) is 12.8. The molecule has 1 rings (SSSR count). The van der Waals surface area contributed by atoms with Crippen LogP contribution in [0.2, 0.25) is 0 Å². The number of aryl methyl sites for hydroxylation is 1. The Morgan fingerprint density at radius 1 is 1.56 bits per heavy atom. The van der Waals surface area contributed by atoms with Crippen molar-refractivity contribution in [3.63, 3.8) is 0 Å². The third-order valence-corrected chi connectivity index (χ3v) is 3.30. The van der Waals surface area contributed by atoms with Gasteiger partial charge in [-0.3, -0.25) is 9.58 Å². The molecule has 0 spiro atoms. The number of nitrogens with zero attached hydrogens (tertiary/aromatic N) is 3. The van der Waals surface area contributed by atoms with Crippen molar-refractivity contribution in [1.82, 2.24) is 14.7 Å². The average molecular weight is 253 g/mol. The van der Waals surface area contributed by atoms with Gasteiger partial charge in [-0.05, 0) is 27.3 Å². The molecule has 1 unspecified atom stereocenters. The van der Waals surface area contributed by atoms with Gasteiger partial charge in [0.05, 0.1) is 18.5 Å². The first-order chi connectivity index (χ1) is 8.51. The van der Waals surface area contributed by atoms with Crippen molar-refractivity contribution >= 4 is 5.97 Å². The fourth-order valence-electron chi connectivity index (χ4n) is 1.73. The number of carbonyl (C=O) groups is 1. The van der Waals surface area contributed by atoms with Crippen LogP contribution in [-0.2, 0) is 18.3 Å². The lowest BCUT2D eigenvalue weighted by Gasteiger charge is -2.23. The summed E-state index contributed by atoms with van der Waals surface area (Å²) < 4.78 is 6.78. The first-order valence-electron chi connectivity index (χ1n) is 6.39. The largest absolute Gasteiger partial charge is 0.462 e. The molecule has 1 aromatic heterocycles. The molecule has 5 nitrogen and oxygen atoms in total. The van der Waals surface area contributed by atoms with E-state index in [1.54, 1.807) is 17.8 Å². The Morgan fingerprint density at radius 2 is 2.22 bits per heavy atom. The van der Waals surface area contributed by atoms with E-state index in [1.807, 2.05) is 7.05 Å². The lowest BCUT2D eigenvalue weighted by molar-refractivity contribution is 0.0523. The zero-order chi connectivity index (χ0) is 13.7. The predicted molar refractivity (Wildman–Crippen MR) is 70.4 cm³/mol. The second-order valence-corrected chi connectivity index (χ2v) is 4.52. The van der Waals surface area contributed by atoms with Crippen LogP contribution in [0.4, 0.5) is 0 Å². The fourth-order valence-corrected chi connectivity index (χ4v) is 1.73. The van der Waals surface area contributed by atoms with Crippen molar-refractivity contribution in [2.45, 2.75) is 39.8 Å². The van der Waals surface area contributed by atoms with Crippen LogP contribution in [-0.4, -0.2) is 40.3 Å². The van der Waals surface area contributed by atoms with Gasteiger partial charge in [-0.2, -0.15) is 5.10 Å². The summed E-state index contributed by atoms with van der Waals surface area (Å²) >= 11 is 0. The van der Waals surface area contributed by atoms with E-state index in [-0.39, 0.29) is 5.97 Å². The summed E-state index contributed by atoms with van der Waals surface area (Å²) in [7, 11) is 3.90. The van der Waals surface area contributed by atoms with E-state index in [1.165, 1.54) is 0 Å². The van der Waals surface area contributed by atoms with Crippen molar-refractivity contribution in [3.05, 3.63) is 17.5 Å². The van der Waals surface area contributed by atoms with Gasteiger partial charge in [0.1, 0.15) is 5.56 Å². The molecule has 5 heteroatoms. The molecule has 1 atom stereocenters. The van der Waals surface area contributed by atoms with Gasteiger partial charge in [0.15, 0.2) is 0 Å². The zero-order valence-electron chi connectivity index (χ0n) is 11.9. The molecule has 0 N–H and O–H groups in total. The Morgan fingerprint density at radius 3 is 2.78 bits per heavy atom. The molecule has 0 aliphatic carbocycles. The number of hydrogen-bond acceptors (Lipinski definition) is 4. The van der Waals surface area contributed by atoms with E-state index < -0.39 is 0 Å². The highest BCUT2D eigenvalue weighted by Gasteiger charge is 2.19. The smallest absolute Gasteiger partial charge is 0.341 e. The van der Waals surface area contributed by atoms with Crippen molar-refractivity contribution in [2.75, 3.05) is 13.7 Å². The monoisotopic (exact) mass is 253 g/mol. The lowest BCUT2D eigenvalue weighted by Crippen LogP contribution is -2.29. The van der Waals surface area contributed by atoms with Crippen LogP contribution in [0.5, 0.6) is 0 Å². The van der Waals surface area contributed by atoms with Crippen molar-refractivity contribution in [1.29, 1.82) is 0 Å². The molecule has 0 aliphatic heterocycles. The van der Waals surface area contributed by atoms with Crippen LogP contribution in [0.25, 0.3) is 0 Å². The van der Waals surface area contributed by atoms with Gasteiger partial charge in [0.2, 0.25) is 0 Å². The van der Waals surface area contributed by atoms with E-state index >= 15 is 0 Å². The number of esters is 1. The lowest BCUT2D eigenvalue weighted by atomic mass is 10.2. The van der Waals surface area contributed by atoms with Crippen molar-refractivity contribution in [3.8, 4) is 0 Å². The maximum atomic E-state index is 11.8. The Kier molecular flexibility index (Phi) is 5.34. The standard InChI is InChI=1S/C13H23N3O2/c1-6-10(3)15(4)9-12-11(8-14-16(12)5)13(17)18-7-2/h8,10H,6-7,9H2,1-5H3. The molecule has 0 aliphatic rings. The zero-order valence-corrected chi connectivity index (χ0v) is 11.9. The molecule has 0 fully saturated rings. The SMILES string of the molecule is CCOC(=O)c1cnn(C)c1CN(C)C(C)CC. The van der Waals surface area contributed by atoms with Gasteiger partial charge in [-0.1, -0.05) is 6.92 Å². The molecular formula is C13H23N3O2. The van der Waals surface area contributed by atoms with Crippen LogP contribution < -0.4 is 0 Å². The molecule has 0 amide bonds. The molecular weight excluding hydrogens is 230 g/mol. The molecule has 0 radical (unpaired) electrons. The van der Waals surface area contributed by atoms with E-state index in [4.69, 9.17) is 4.74 Å². The Bertz CT molecular complexity index is 401. The molecule has 1 aromatic rings. The van der Waals surface area contributed by atoms with Crippen LogP contribution in [0.15, 0.2) is 6.20 Å². The van der Waals surface area contributed by atoms with E-state index in [2.05, 4.69) is 30.9 Å². The quantitative estimate of drug-likeness (QED) is 0.726. The number of aromatic nitrogens is 2. The van der Waals surface area contributed by atoms with E-state index in [0.717, 1.165) is 12.1 Å². The molecule has 102 valence electrons. The number of ether oxygens (including phenoxy) is 1. The van der Waals surface area contributed by atoms with Crippen LogP contribution >= 0.6 is 0 Å². The van der Waals surface area contributed by atoms with E-state index in [0.29, 0.717) is 24.8 Å². The minimum Gasteiger partial charge on any atom is -0.462 e. The highest BCUT2D eigenvalue weighted by molar-refractivity contribution is 5.90. The first-order valence-corrected chi connectivity index (χ1v) is 6.39. The molecule has 18 heavy (non-hydrogen) atoms. The van der Waals surface area contributed by atoms with Crippen molar-refractivity contribution in [2.24, 2.45) is 7.05 Å². The highest BCUT2D eigenvalue weighted by Crippen LogP contribution is 2.14. The predicted octanol–water partition coefficient (Wildman–Crippen LogP) is 1.83. The van der Waals surface area contributed by atoms with Crippen LogP contribution in [0.3, 0.4) is 0 Å². The number of rotatable bonds is 6. The summed E-state index contributed by atoms with van der Waals surface area (Å²) in [6.07, 6.45) is 2.65. The fraction of sp³-hybridized carbons (Fsp3) is 0.692. The molecule has 1 heterocycles. The van der Waals surface area contributed by atoms with Gasteiger partial charge < -0.3 is 4.74 Å². The summed E-state index contributed by atoms with van der Waals surface area (Å²) in [6, 6.07) is 0.468.